The molecule has 0 saturated heterocycles. The van der Waals surface area contributed by atoms with Crippen molar-refractivity contribution in [1.82, 2.24) is 19.7 Å². The van der Waals surface area contributed by atoms with Crippen molar-refractivity contribution in [2.75, 3.05) is 18.5 Å². The van der Waals surface area contributed by atoms with Crippen LogP contribution in [0.5, 0.6) is 0 Å². The molecule has 3 aromatic rings. The van der Waals surface area contributed by atoms with E-state index >= 15 is 0 Å². The molecule has 0 aliphatic heterocycles. The van der Waals surface area contributed by atoms with Gasteiger partial charge in [-0.25, -0.2) is 14.8 Å². The molecule has 5 atom stereocenters. The van der Waals surface area contributed by atoms with Gasteiger partial charge in [-0.2, -0.15) is 0 Å². The van der Waals surface area contributed by atoms with Gasteiger partial charge >= 0.3 is 5.97 Å². The predicted octanol–water partition coefficient (Wildman–Crippen LogP) is 4.01. The Balaban J connectivity index is 1.09. The summed E-state index contributed by atoms with van der Waals surface area (Å²) in [4.78, 5) is 35.7. The molecule has 186 valence electrons. The maximum absolute atomic E-state index is 13.4. The van der Waals surface area contributed by atoms with Crippen LogP contribution in [0.2, 0.25) is 0 Å². The zero-order valence-electron chi connectivity index (χ0n) is 20.5. The van der Waals surface area contributed by atoms with Crippen molar-refractivity contribution in [3.8, 4) is 0 Å². The number of amides is 1. The first-order valence-corrected chi connectivity index (χ1v) is 13.0. The molecule has 4 saturated carbocycles. The van der Waals surface area contributed by atoms with Gasteiger partial charge in [0.05, 0.1) is 12.2 Å². The van der Waals surface area contributed by atoms with Crippen LogP contribution >= 0.6 is 0 Å². The maximum Gasteiger partial charge on any atom is 0.339 e. The van der Waals surface area contributed by atoms with Gasteiger partial charge in [0.1, 0.15) is 22.7 Å². The smallest absolute Gasteiger partial charge is 0.339 e. The van der Waals surface area contributed by atoms with Crippen LogP contribution in [0.1, 0.15) is 65.1 Å². The van der Waals surface area contributed by atoms with Crippen LogP contribution in [0, 0.1) is 28.6 Å². The number of hydrogen-bond acceptors (Lipinski definition) is 5. The van der Waals surface area contributed by atoms with Crippen LogP contribution in [0.4, 0.5) is 5.82 Å². The van der Waals surface area contributed by atoms with Gasteiger partial charge in [0.15, 0.2) is 0 Å². The summed E-state index contributed by atoms with van der Waals surface area (Å²) in [5.74, 6) is 2.02. The van der Waals surface area contributed by atoms with E-state index in [4.69, 9.17) is 4.98 Å². The molecule has 0 aromatic carbocycles. The van der Waals surface area contributed by atoms with Gasteiger partial charge in [-0.15, -0.1) is 0 Å². The first kappa shape index (κ1) is 21.8. The predicted molar refractivity (Wildman–Crippen MR) is 134 cm³/mol. The molecule has 3 bridgehead atoms. The molecule has 3 aromatic heterocycles. The van der Waals surface area contributed by atoms with Crippen LogP contribution in [-0.2, 0) is 6.54 Å². The van der Waals surface area contributed by atoms with Gasteiger partial charge in [-0.1, -0.05) is 6.07 Å². The molecule has 36 heavy (non-hydrogen) atoms. The average molecular weight is 486 g/mol. The Morgan fingerprint density at radius 1 is 1.17 bits per heavy atom. The molecule has 5 unspecified atom stereocenters. The number of anilines is 1. The van der Waals surface area contributed by atoms with Crippen molar-refractivity contribution in [2.45, 2.75) is 45.1 Å². The number of aromatic carboxylic acids is 1. The number of hydrogen-bond donors (Lipinski definition) is 2. The van der Waals surface area contributed by atoms with Crippen LogP contribution in [0.25, 0.3) is 5.65 Å². The van der Waals surface area contributed by atoms with E-state index in [0.717, 1.165) is 30.0 Å². The molecule has 2 N–H and O–H groups in total. The lowest BCUT2D eigenvalue weighted by atomic mass is 9.55. The van der Waals surface area contributed by atoms with E-state index in [0.29, 0.717) is 29.1 Å². The fourth-order valence-electron chi connectivity index (χ4n) is 8.61. The van der Waals surface area contributed by atoms with Crippen molar-refractivity contribution in [1.29, 1.82) is 0 Å². The summed E-state index contributed by atoms with van der Waals surface area (Å²) in [6, 6.07) is 8.75. The Morgan fingerprint density at radius 3 is 2.92 bits per heavy atom. The number of carbonyl (C=O) groups excluding carboxylic acids is 1. The number of imidazole rings is 1. The van der Waals surface area contributed by atoms with E-state index in [2.05, 4.69) is 10.3 Å². The Hall–Kier alpha value is -3.42. The summed E-state index contributed by atoms with van der Waals surface area (Å²) in [5, 5.41) is 12.8. The fraction of sp³-hybridized carbons (Fsp3) is 0.500. The quantitative estimate of drug-likeness (QED) is 0.525. The third-order valence-electron chi connectivity index (χ3n) is 9.76. The van der Waals surface area contributed by atoms with E-state index in [-0.39, 0.29) is 16.9 Å². The number of carbonyl (C=O) groups is 2. The number of aromatic nitrogens is 3. The highest BCUT2D eigenvalue weighted by Crippen LogP contribution is 2.78. The first-order chi connectivity index (χ1) is 17.4. The number of carboxylic acid groups (broad SMARTS) is 1. The second-order valence-electron chi connectivity index (χ2n) is 11.8. The molecule has 4 aliphatic carbocycles. The van der Waals surface area contributed by atoms with E-state index in [1.165, 1.54) is 38.5 Å². The Morgan fingerprint density at radius 2 is 2.06 bits per heavy atom. The number of fused-ring (bicyclic) bond motifs is 3. The molecule has 8 heteroatoms. The third kappa shape index (κ3) is 3.12. The number of rotatable bonds is 7. The normalized spacial score (nSPS) is 31.3. The van der Waals surface area contributed by atoms with Crippen LogP contribution < -0.4 is 10.2 Å². The van der Waals surface area contributed by atoms with Crippen molar-refractivity contribution in [3.63, 3.8) is 0 Å². The monoisotopic (exact) mass is 485 g/mol. The summed E-state index contributed by atoms with van der Waals surface area (Å²) in [6.07, 6.45) is 11.6. The minimum absolute atomic E-state index is 0.0589. The Kier molecular flexibility index (Phi) is 4.57. The summed E-state index contributed by atoms with van der Waals surface area (Å²) >= 11 is 0. The summed E-state index contributed by atoms with van der Waals surface area (Å²) in [6.45, 7) is 1.14. The van der Waals surface area contributed by atoms with E-state index < -0.39 is 5.97 Å². The number of carboxylic acids is 1. The highest BCUT2D eigenvalue weighted by Gasteiger charge is 2.70. The van der Waals surface area contributed by atoms with Gasteiger partial charge in [0.25, 0.3) is 5.91 Å². The topological polar surface area (TPSA) is 99.8 Å². The molecule has 1 amide bonds. The van der Waals surface area contributed by atoms with Crippen molar-refractivity contribution >= 4 is 23.3 Å². The molecule has 8 nitrogen and oxygen atoms in total. The number of nitrogens with one attached hydrogen (secondary N) is 1. The second kappa shape index (κ2) is 7.54. The van der Waals surface area contributed by atoms with Gasteiger partial charge in [0.2, 0.25) is 0 Å². The molecule has 0 radical (unpaired) electrons. The lowest BCUT2D eigenvalue weighted by Gasteiger charge is -2.49. The minimum Gasteiger partial charge on any atom is -0.478 e. The summed E-state index contributed by atoms with van der Waals surface area (Å²) < 4.78 is 1.84. The zero-order chi connectivity index (χ0) is 24.7. The highest BCUT2D eigenvalue weighted by atomic mass is 16.4. The maximum atomic E-state index is 13.4. The Bertz CT molecular complexity index is 1400. The van der Waals surface area contributed by atoms with E-state index in [1.54, 1.807) is 30.3 Å². The number of nitrogens with zero attached hydrogens (tertiary/aromatic N) is 4. The molecular weight excluding hydrogens is 454 g/mol. The molecule has 4 aliphatic rings. The van der Waals surface area contributed by atoms with Gasteiger partial charge in [0, 0.05) is 26.0 Å². The van der Waals surface area contributed by atoms with Gasteiger partial charge in [-0.3, -0.25) is 9.20 Å². The minimum atomic E-state index is -1.02. The lowest BCUT2D eigenvalue weighted by molar-refractivity contribution is -0.00254. The van der Waals surface area contributed by atoms with Crippen molar-refractivity contribution < 1.29 is 14.7 Å². The third-order valence-corrected chi connectivity index (χ3v) is 9.76. The van der Waals surface area contributed by atoms with Crippen LogP contribution in [0.15, 0.2) is 42.7 Å². The summed E-state index contributed by atoms with van der Waals surface area (Å²) in [5.41, 5.74) is 3.05. The molecule has 1 spiro atoms. The average Bonchev–Trinajstić information content (AvgIpc) is 3.42. The SMILES string of the molecule is CN(Cc1cn2c(C(=O)NCC34CC5CC6CC(C3)C6(C5)C4)cccc2n1)c1ncccc1C(=O)O. The molecule has 7 rings (SSSR count). The van der Waals surface area contributed by atoms with E-state index in [9.17, 15) is 14.7 Å². The van der Waals surface area contributed by atoms with E-state index in [1.807, 2.05) is 28.8 Å². The highest BCUT2D eigenvalue weighted by molar-refractivity contribution is 5.94. The van der Waals surface area contributed by atoms with Gasteiger partial charge in [-0.05, 0) is 91.4 Å². The number of pyridine rings is 2. The largest absolute Gasteiger partial charge is 0.478 e. The lowest BCUT2D eigenvalue weighted by Crippen LogP contribution is -2.43. The molecule has 4 fully saturated rings. The molecular formula is C28H31N5O3. The Labute approximate surface area is 209 Å². The molecule has 3 heterocycles. The fourth-order valence-corrected chi connectivity index (χ4v) is 8.61. The van der Waals surface area contributed by atoms with Gasteiger partial charge < -0.3 is 15.3 Å². The van der Waals surface area contributed by atoms with Crippen LogP contribution in [0.3, 0.4) is 0 Å². The van der Waals surface area contributed by atoms with Crippen molar-refractivity contribution in [2.24, 2.45) is 28.6 Å². The standard InChI is InChI=1S/C28H31N5O3/c1-32(24-21(26(35)36)4-3-7-29-24)13-20-14-33-22(5-2-6-23(33)31-20)25(34)30-16-27-10-17-8-18-9-19(12-27)28(18,11-17)15-27/h2-7,14,17-19H,8-13,15-16H2,1H3,(H,30,34)(H,35,36). The van der Waals surface area contributed by atoms with Crippen molar-refractivity contribution in [3.05, 3.63) is 59.7 Å². The first-order valence-electron chi connectivity index (χ1n) is 13.0. The zero-order valence-corrected chi connectivity index (χ0v) is 20.5. The van der Waals surface area contributed by atoms with Crippen LogP contribution in [-0.4, -0.2) is 44.9 Å². The second-order valence-corrected chi connectivity index (χ2v) is 11.8. The summed E-state index contributed by atoms with van der Waals surface area (Å²) in [7, 11) is 1.79.